The van der Waals surface area contributed by atoms with E-state index in [0.717, 1.165) is 17.7 Å². The molecule has 1 aromatic rings. The largest absolute Gasteiger partial charge is 0.493 e. The van der Waals surface area contributed by atoms with Crippen molar-refractivity contribution in [1.29, 1.82) is 0 Å². The van der Waals surface area contributed by atoms with Crippen LogP contribution in [-0.4, -0.2) is 69.7 Å². The van der Waals surface area contributed by atoms with E-state index in [2.05, 4.69) is 0 Å². The van der Waals surface area contributed by atoms with Gasteiger partial charge in [0.2, 0.25) is 27.7 Å². The first kappa shape index (κ1) is 24.8. The highest BCUT2D eigenvalue weighted by Crippen LogP contribution is 2.36. The second-order valence-corrected chi connectivity index (χ2v) is 9.63. The topological polar surface area (TPSA) is 139 Å². The molecular formula is C20H26F2N4O6S. The Morgan fingerprint density at radius 1 is 1.18 bits per heavy atom. The monoisotopic (exact) mass is 488 g/mol. The summed E-state index contributed by atoms with van der Waals surface area (Å²) in [5, 5.41) is 0. The van der Waals surface area contributed by atoms with Crippen molar-refractivity contribution >= 4 is 33.4 Å². The summed E-state index contributed by atoms with van der Waals surface area (Å²) in [7, 11) is -3.31. The molecule has 2 saturated heterocycles. The number of nitrogens with two attached hydrogens (primary N) is 1. The zero-order valence-corrected chi connectivity index (χ0v) is 18.9. The Bertz CT molecular complexity index is 1040. The Kier molecular flexibility index (Phi) is 7.22. The lowest BCUT2D eigenvalue weighted by atomic mass is 10.1. The minimum atomic E-state index is -4.54. The average molecular weight is 489 g/mol. The van der Waals surface area contributed by atoms with Crippen LogP contribution in [0.15, 0.2) is 23.1 Å². The number of carbonyl (C=O) groups excluding carboxylic acids is 3. The number of benzene rings is 1. The normalized spacial score (nSPS) is 19.8. The number of methoxy groups -OCH3 is 1. The molecule has 3 amide bonds. The zero-order chi connectivity index (χ0) is 24.4. The number of ether oxygens (including phenoxy) is 1. The van der Waals surface area contributed by atoms with E-state index < -0.39 is 51.5 Å². The van der Waals surface area contributed by atoms with E-state index in [1.165, 1.54) is 30.2 Å². The van der Waals surface area contributed by atoms with Gasteiger partial charge in [-0.1, -0.05) is 6.07 Å². The number of hydrogen-bond donors (Lipinski definition) is 2. The van der Waals surface area contributed by atoms with Crippen molar-refractivity contribution in [3.05, 3.63) is 18.2 Å². The van der Waals surface area contributed by atoms with Gasteiger partial charge in [0.1, 0.15) is 4.90 Å². The van der Waals surface area contributed by atoms with E-state index in [-0.39, 0.29) is 30.4 Å². The summed E-state index contributed by atoms with van der Waals surface area (Å²) in [5.74, 6) is -5.54. The lowest BCUT2D eigenvalue weighted by Crippen LogP contribution is -2.57. The first-order valence-corrected chi connectivity index (χ1v) is 11.9. The van der Waals surface area contributed by atoms with Gasteiger partial charge in [-0.15, -0.1) is 0 Å². The maximum atomic E-state index is 13.4. The predicted molar refractivity (Wildman–Crippen MR) is 113 cm³/mol. The lowest BCUT2D eigenvalue weighted by molar-refractivity contribution is -0.142. The van der Waals surface area contributed by atoms with Crippen LogP contribution in [0.4, 0.5) is 14.5 Å². The molecule has 182 valence electrons. The molecular weight excluding hydrogens is 462 g/mol. The molecule has 13 heteroatoms. The highest BCUT2D eigenvalue weighted by Gasteiger charge is 2.40. The molecule has 0 bridgehead atoms. The third kappa shape index (κ3) is 5.41. The van der Waals surface area contributed by atoms with Crippen molar-refractivity contribution in [2.75, 3.05) is 31.6 Å². The standard InChI is InChI=1S/C20H26F2N4O6S/c1-32-17-13(26-10-3-2-7-15(26)27)5-4-6-14(17)33(30,31)24-16(18(23)28)19(29)25-11-8-20(21,22)9-12-25/h4-6,16,24H,2-3,7-12H2,1H3,(H2,23,28)/t16-/m0/s1. The molecule has 2 aliphatic heterocycles. The van der Waals surface area contributed by atoms with Gasteiger partial charge in [-0.3, -0.25) is 14.4 Å². The Morgan fingerprint density at radius 3 is 2.42 bits per heavy atom. The van der Waals surface area contributed by atoms with Crippen molar-refractivity contribution in [2.24, 2.45) is 5.73 Å². The maximum Gasteiger partial charge on any atom is 0.251 e. The van der Waals surface area contributed by atoms with Crippen LogP contribution in [0.5, 0.6) is 5.75 Å². The van der Waals surface area contributed by atoms with Crippen molar-refractivity contribution in [1.82, 2.24) is 9.62 Å². The fourth-order valence-electron chi connectivity index (χ4n) is 3.88. The highest BCUT2D eigenvalue weighted by molar-refractivity contribution is 7.89. The lowest BCUT2D eigenvalue weighted by Gasteiger charge is -2.33. The number of piperidine rings is 2. The number of carbonyl (C=O) groups is 3. The van der Waals surface area contributed by atoms with E-state index in [1.54, 1.807) is 0 Å². The molecule has 0 unspecified atom stereocenters. The van der Waals surface area contributed by atoms with Gasteiger partial charge in [0.05, 0.1) is 12.8 Å². The molecule has 2 aliphatic rings. The third-order valence-electron chi connectivity index (χ3n) is 5.68. The summed E-state index contributed by atoms with van der Waals surface area (Å²) in [6, 6.07) is 2.14. The number of primary amides is 1. The number of para-hydroxylation sites is 1. The first-order valence-electron chi connectivity index (χ1n) is 10.4. The second kappa shape index (κ2) is 9.59. The Hall–Kier alpha value is -2.80. The van der Waals surface area contributed by atoms with Crippen LogP contribution in [0.25, 0.3) is 0 Å². The SMILES string of the molecule is COc1c(N2CCCCC2=O)cccc1S(=O)(=O)N[C@@H](C(N)=O)C(=O)N1CCC(F)(F)CC1. The van der Waals surface area contributed by atoms with E-state index in [4.69, 9.17) is 10.5 Å². The number of anilines is 1. The van der Waals surface area contributed by atoms with Crippen molar-refractivity contribution < 1.29 is 36.3 Å². The van der Waals surface area contributed by atoms with Gasteiger partial charge in [0, 0.05) is 38.9 Å². The molecule has 0 spiro atoms. The molecule has 10 nitrogen and oxygen atoms in total. The van der Waals surface area contributed by atoms with E-state index in [0.29, 0.717) is 13.0 Å². The molecule has 3 rings (SSSR count). The molecule has 2 fully saturated rings. The first-order chi connectivity index (χ1) is 15.5. The number of alkyl halides is 2. The van der Waals surface area contributed by atoms with Crippen LogP contribution in [-0.2, 0) is 24.4 Å². The average Bonchev–Trinajstić information content (AvgIpc) is 2.76. The number of amides is 3. The quantitative estimate of drug-likeness (QED) is 0.539. The van der Waals surface area contributed by atoms with Gasteiger partial charge in [0.15, 0.2) is 11.8 Å². The fourth-order valence-corrected chi connectivity index (χ4v) is 5.22. The van der Waals surface area contributed by atoms with E-state index in [1.807, 2.05) is 4.72 Å². The number of nitrogens with zero attached hydrogens (tertiary/aromatic N) is 2. The number of sulfonamides is 1. The summed E-state index contributed by atoms with van der Waals surface area (Å²) in [6.45, 7) is -0.297. The fraction of sp³-hybridized carbons (Fsp3) is 0.550. The Labute approximate surface area is 190 Å². The van der Waals surface area contributed by atoms with Crippen molar-refractivity contribution in [3.8, 4) is 5.75 Å². The second-order valence-electron chi connectivity index (χ2n) is 7.95. The van der Waals surface area contributed by atoms with Crippen LogP contribution >= 0.6 is 0 Å². The summed E-state index contributed by atoms with van der Waals surface area (Å²) in [4.78, 5) is 39.0. The summed E-state index contributed by atoms with van der Waals surface area (Å²) in [6.07, 6.45) is 0.568. The summed E-state index contributed by atoms with van der Waals surface area (Å²) >= 11 is 0. The van der Waals surface area contributed by atoms with Gasteiger partial charge >= 0.3 is 0 Å². The minimum Gasteiger partial charge on any atom is -0.493 e. The van der Waals surface area contributed by atoms with E-state index in [9.17, 15) is 31.6 Å². The van der Waals surface area contributed by atoms with Crippen LogP contribution in [0, 0.1) is 0 Å². The Balaban J connectivity index is 1.89. The minimum absolute atomic E-state index is 0.131. The summed E-state index contributed by atoms with van der Waals surface area (Å²) < 4.78 is 60.4. The van der Waals surface area contributed by atoms with Gasteiger partial charge < -0.3 is 20.3 Å². The molecule has 2 heterocycles. The van der Waals surface area contributed by atoms with E-state index >= 15 is 0 Å². The molecule has 0 radical (unpaired) electrons. The van der Waals surface area contributed by atoms with Gasteiger partial charge in [0.25, 0.3) is 5.92 Å². The maximum absolute atomic E-state index is 13.4. The van der Waals surface area contributed by atoms with Gasteiger partial charge in [-0.2, -0.15) is 4.72 Å². The highest BCUT2D eigenvalue weighted by atomic mass is 32.2. The van der Waals surface area contributed by atoms with Crippen molar-refractivity contribution in [3.63, 3.8) is 0 Å². The summed E-state index contributed by atoms with van der Waals surface area (Å²) in [5.41, 5.74) is 5.51. The number of rotatable bonds is 7. The molecule has 1 aromatic carbocycles. The van der Waals surface area contributed by atoms with Gasteiger partial charge in [-0.05, 0) is 25.0 Å². The van der Waals surface area contributed by atoms with Crippen LogP contribution < -0.4 is 20.1 Å². The predicted octanol–water partition coefficient (Wildman–Crippen LogP) is 0.602. The molecule has 33 heavy (non-hydrogen) atoms. The number of likely N-dealkylation sites (tertiary alicyclic amines) is 1. The Morgan fingerprint density at radius 2 is 1.85 bits per heavy atom. The van der Waals surface area contributed by atoms with Crippen LogP contribution in [0.1, 0.15) is 32.1 Å². The number of nitrogens with one attached hydrogen (secondary N) is 1. The number of hydrogen-bond acceptors (Lipinski definition) is 6. The van der Waals surface area contributed by atoms with Crippen molar-refractivity contribution in [2.45, 2.75) is 49.0 Å². The molecule has 0 saturated carbocycles. The smallest absolute Gasteiger partial charge is 0.251 e. The molecule has 0 aromatic heterocycles. The molecule has 0 aliphatic carbocycles. The zero-order valence-electron chi connectivity index (χ0n) is 18.1. The van der Waals surface area contributed by atoms with Crippen LogP contribution in [0.3, 0.4) is 0 Å². The van der Waals surface area contributed by atoms with Crippen LogP contribution in [0.2, 0.25) is 0 Å². The number of halogens is 2. The molecule has 3 N–H and O–H groups in total. The third-order valence-corrected chi connectivity index (χ3v) is 7.12. The van der Waals surface area contributed by atoms with Gasteiger partial charge in [-0.25, -0.2) is 17.2 Å². The molecule has 1 atom stereocenters.